The first-order valence-electron chi connectivity index (χ1n) is 47.9. The molecule has 0 N–H and O–H groups in total. The first-order chi connectivity index (χ1) is 65.9. The lowest BCUT2D eigenvalue weighted by atomic mass is 9.34. The van der Waals surface area contributed by atoms with Crippen molar-refractivity contribution in [3.63, 3.8) is 0 Å². The van der Waals surface area contributed by atoms with Crippen LogP contribution in [0.25, 0.3) is 110 Å². The average molecular weight is 1730 g/mol. The van der Waals surface area contributed by atoms with Gasteiger partial charge in [0.1, 0.15) is 0 Å². The zero-order valence-corrected chi connectivity index (χ0v) is 78.9. The van der Waals surface area contributed by atoms with Gasteiger partial charge in [-0.3, -0.25) is 0 Å². The summed E-state index contributed by atoms with van der Waals surface area (Å²) in [6.07, 6.45) is 0. The first-order valence-corrected chi connectivity index (χ1v) is 47.9. The van der Waals surface area contributed by atoms with Gasteiger partial charge in [0, 0.05) is 65.8 Å². The molecule has 4 nitrogen and oxygen atoms in total. The predicted molar refractivity (Wildman–Crippen MR) is 588 cm³/mol. The molecule has 23 aromatic rings. The molecule has 0 bridgehead atoms. The molecule has 0 aliphatic carbocycles. The minimum Gasteiger partial charge on any atom is -0.307 e. The van der Waals surface area contributed by atoms with Crippen molar-refractivity contribution in [2.24, 2.45) is 0 Å². The Kier molecular flexibility index (Phi) is 21.2. The fourth-order valence-corrected chi connectivity index (χ4v) is 24.4. The quantitative estimate of drug-likeness (QED) is 0.0719. The normalized spacial score (nSPS) is 11.7. The number of fused-ring (bicyclic) bond motifs is 14. The van der Waals surface area contributed by atoms with Gasteiger partial charge in [0.2, 0.25) is 33.6 Å². The van der Waals surface area contributed by atoms with E-state index in [0.717, 1.165) is 66.9 Å². The Morgan fingerprint density at radius 1 is 0.141 bits per heavy atom. The second-order valence-electron chi connectivity index (χ2n) is 38.5. The molecular weight excluding hydrogens is 1620 g/mol. The highest BCUT2D eigenvalue weighted by Gasteiger charge is 2.35. The number of hydrogen-bond donors (Lipinski definition) is 0. The maximum atomic E-state index is 2.60. The van der Waals surface area contributed by atoms with Crippen molar-refractivity contribution >= 4 is 203 Å². The molecule has 0 saturated carbocycles. The summed E-state index contributed by atoms with van der Waals surface area (Å²) in [4.78, 5) is 0. The van der Waals surface area contributed by atoms with E-state index in [2.05, 4.69) is 508 Å². The van der Waals surface area contributed by atoms with Gasteiger partial charge in [-0.15, -0.1) is 0 Å². The maximum absolute atomic E-state index is 2.60. The van der Waals surface area contributed by atoms with E-state index in [4.69, 9.17) is 0 Å². The first kappa shape index (κ1) is 84.0. The Balaban J connectivity index is 0.728. The van der Waals surface area contributed by atoms with Crippen LogP contribution in [0.3, 0.4) is 0 Å². The van der Waals surface area contributed by atoms with Crippen LogP contribution in [0.15, 0.2) is 406 Å². The number of aromatic nitrogens is 4. The van der Waals surface area contributed by atoms with Crippen molar-refractivity contribution in [3.8, 4) is 22.7 Å². The number of rotatable bonds is 19. The Hall–Kier alpha value is -15.3. The summed E-state index contributed by atoms with van der Waals surface area (Å²) in [5.41, 5.74) is 48.4. The minimum absolute atomic E-state index is 0.00319. The third-order valence-electron chi connectivity index (χ3n) is 29.5. The molecule has 0 saturated heterocycles. The number of hydrogen-bond acceptors (Lipinski definition) is 0. The van der Waals surface area contributed by atoms with Crippen LogP contribution in [-0.4, -0.2) is 51.8 Å². The van der Waals surface area contributed by atoms with Gasteiger partial charge in [-0.05, 0) is 156 Å². The van der Waals surface area contributed by atoms with Gasteiger partial charge in [0.05, 0.1) is 44.1 Å². The van der Waals surface area contributed by atoms with Crippen molar-refractivity contribution < 1.29 is 0 Å². The van der Waals surface area contributed by atoms with E-state index < -0.39 is 0 Å². The molecule has 0 aliphatic heterocycles. The van der Waals surface area contributed by atoms with Crippen LogP contribution in [0.4, 0.5) is 0 Å². The van der Waals surface area contributed by atoms with Gasteiger partial charge < -0.3 is 18.3 Å². The monoisotopic (exact) mass is 1730 g/mol. The van der Waals surface area contributed by atoms with Crippen LogP contribution < -0.4 is 81.9 Å². The van der Waals surface area contributed by atoms with E-state index in [0.29, 0.717) is 0 Å². The molecule has 4 aromatic heterocycles. The second kappa shape index (κ2) is 34.1. The largest absolute Gasteiger partial charge is 0.307 e. The summed E-state index contributed by atoms with van der Waals surface area (Å²) in [7, 11) is 0. The van der Waals surface area contributed by atoms with Crippen LogP contribution in [0.2, 0.25) is 0 Å². The van der Waals surface area contributed by atoms with Gasteiger partial charge in [-0.1, -0.05) is 482 Å². The summed E-state index contributed by atoms with van der Waals surface area (Å²) < 4.78 is 10.4. The standard InChI is InChI=1S/C126H103B5N4/c1-80-68-84(5)119(85(6)69-80)130(120-86(7)70-81(2)71-87(120)8)101-56-66-117-113(78-101)111-64-62-109-107-48-28-30-50-115(107)134(105-46-32-44-99(76-105)128(93-36-20-14-21-37-93)94-38-22-15-23-39-94)123(109)125(111)132(117)103-58-52-97(53-59-103)127(92-34-18-13-19-35-92)98-54-60-104(61-55-98)133-118-67-57-102(131(121-88(9)72-82(3)73-89(121)10)122-90(11)74-83(4)75-91(122)12)79-114(118)112-65-63-110-108-49-29-31-51-116(108)135(124(110)126(112)133)106-47-33-45-100(77-106)129(95-40-24-16-25-41-95)96-42-26-17-27-43-96/h13-79H,1-12H3. The van der Waals surface area contributed by atoms with E-state index in [1.54, 1.807) is 0 Å². The van der Waals surface area contributed by atoms with E-state index in [9.17, 15) is 0 Å². The SMILES string of the molecule is Cc1cc(C)c(B(c2ccc3c(c2)c2ccc4c5ccccc5n(-c5cccc(B(c6ccccc6)c6ccccc6)c5)c4c2n3-c2ccc(B(c3ccccc3)c3ccc(-n4c5ccc(B(c6c(C)cc(C)cc6C)c6c(C)cc(C)cc6C)cc5c5ccc6c7ccccc7n(-c7cccc(B(c8ccccc8)c8ccccc8)c7)c6c54)cc3)cc2)c2c(C)cc(C)cc2C)c(C)c1. The topological polar surface area (TPSA) is 19.7 Å². The van der Waals surface area contributed by atoms with Crippen molar-refractivity contribution in [1.29, 1.82) is 0 Å². The molecule has 4 heterocycles. The highest BCUT2D eigenvalue weighted by atomic mass is 15.1. The number of para-hydroxylation sites is 2. The van der Waals surface area contributed by atoms with Gasteiger partial charge in [-0.25, -0.2) is 0 Å². The van der Waals surface area contributed by atoms with Crippen molar-refractivity contribution in [2.45, 2.75) is 83.1 Å². The molecule has 19 aromatic carbocycles. The third kappa shape index (κ3) is 14.4. The molecule has 9 heteroatoms. The molecule has 0 aliphatic rings. The van der Waals surface area contributed by atoms with Crippen LogP contribution in [0.5, 0.6) is 0 Å². The maximum Gasteiger partial charge on any atom is 0.242 e. The predicted octanol–water partition coefficient (Wildman–Crippen LogP) is 20.4. The van der Waals surface area contributed by atoms with Crippen molar-refractivity contribution in [2.75, 3.05) is 0 Å². The number of aryl methyl sites for hydroxylation is 12. The zero-order chi connectivity index (χ0) is 91.7. The van der Waals surface area contributed by atoms with Crippen molar-refractivity contribution in [1.82, 2.24) is 18.3 Å². The molecular formula is C126H103B5N4. The highest BCUT2D eigenvalue weighted by molar-refractivity contribution is 6.98. The Morgan fingerprint density at radius 2 is 0.356 bits per heavy atom. The van der Waals surface area contributed by atoms with E-state index in [1.165, 1.54) is 192 Å². The van der Waals surface area contributed by atoms with Crippen LogP contribution in [0.1, 0.15) is 66.8 Å². The van der Waals surface area contributed by atoms with Crippen LogP contribution >= 0.6 is 0 Å². The molecule has 0 radical (unpaired) electrons. The Bertz CT molecular complexity index is 7850. The number of nitrogens with zero attached hydrogens (tertiary/aromatic N) is 4. The van der Waals surface area contributed by atoms with Crippen LogP contribution in [0, 0.1) is 83.1 Å². The summed E-state index contributed by atoms with van der Waals surface area (Å²) in [6.45, 7) is 27.3. The Labute approximate surface area is 794 Å². The smallest absolute Gasteiger partial charge is 0.242 e. The molecule has 135 heavy (non-hydrogen) atoms. The average Bonchev–Trinajstić information content (AvgIpc) is 1.55. The van der Waals surface area contributed by atoms with Gasteiger partial charge in [0.15, 0.2) is 0 Å². The van der Waals surface area contributed by atoms with E-state index >= 15 is 0 Å². The second-order valence-corrected chi connectivity index (χ2v) is 38.5. The third-order valence-corrected chi connectivity index (χ3v) is 29.5. The number of benzene rings is 19. The minimum atomic E-state index is -0.136. The summed E-state index contributed by atoms with van der Waals surface area (Å²) in [5.74, 6) is 0. The molecule has 0 amide bonds. The molecule has 0 atom stereocenters. The molecule has 0 fully saturated rings. The molecule has 0 spiro atoms. The fourth-order valence-electron chi connectivity index (χ4n) is 24.4. The fraction of sp³-hybridized carbons (Fsp3) is 0.0952. The van der Waals surface area contributed by atoms with Crippen molar-refractivity contribution in [3.05, 3.63) is 473 Å². The van der Waals surface area contributed by atoms with E-state index in [-0.39, 0.29) is 33.6 Å². The summed E-state index contributed by atoms with van der Waals surface area (Å²) >= 11 is 0. The van der Waals surface area contributed by atoms with Crippen LogP contribution in [-0.2, 0) is 0 Å². The van der Waals surface area contributed by atoms with Gasteiger partial charge in [-0.2, -0.15) is 0 Å². The molecule has 642 valence electrons. The van der Waals surface area contributed by atoms with E-state index in [1.807, 2.05) is 0 Å². The Morgan fingerprint density at radius 3 is 0.644 bits per heavy atom. The lowest BCUT2D eigenvalue weighted by Gasteiger charge is -2.25. The lowest BCUT2D eigenvalue weighted by molar-refractivity contribution is 1.15. The summed E-state index contributed by atoms with van der Waals surface area (Å²) in [5, 5.41) is 9.65. The molecule has 23 rings (SSSR count). The summed E-state index contributed by atoms with van der Waals surface area (Å²) in [6, 6.07) is 155. The van der Waals surface area contributed by atoms with Gasteiger partial charge in [0.25, 0.3) is 0 Å². The van der Waals surface area contributed by atoms with Gasteiger partial charge >= 0.3 is 0 Å². The zero-order valence-electron chi connectivity index (χ0n) is 78.9. The molecule has 0 unspecified atom stereocenters. The lowest BCUT2D eigenvalue weighted by Crippen LogP contribution is -2.55. The highest BCUT2D eigenvalue weighted by Crippen LogP contribution is 2.44.